The molecular weight excluding hydrogens is 733 g/mol. The second-order valence-electron chi connectivity index (χ2n) is 16.2. The van der Waals surface area contributed by atoms with Crippen LogP contribution in [0.15, 0.2) is 179 Å². The topological polar surface area (TPSA) is 54.1 Å². The minimum absolute atomic E-state index is 0.0843. The number of nitrogens with zero attached hydrogens (tertiary/aromatic N) is 4. The highest BCUT2D eigenvalue weighted by Gasteiger charge is 2.55. The normalized spacial score (nSPS) is 28.8. The fourth-order valence-corrected chi connectivity index (χ4v) is 14.1. The van der Waals surface area contributed by atoms with Crippen molar-refractivity contribution in [3.63, 3.8) is 0 Å². The maximum absolute atomic E-state index is 10.7. The third-order valence-corrected chi connectivity index (χ3v) is 16.2. The van der Waals surface area contributed by atoms with Gasteiger partial charge >= 0.3 is 0 Å². The van der Waals surface area contributed by atoms with E-state index in [1.54, 1.807) is 0 Å². The predicted octanol–water partition coefficient (Wildman–Crippen LogP) is 11.9. The van der Waals surface area contributed by atoms with Gasteiger partial charge in [0.1, 0.15) is 0 Å². The van der Waals surface area contributed by atoms with Crippen LogP contribution in [0.1, 0.15) is 52.5 Å². The van der Waals surface area contributed by atoms with E-state index in [0.717, 1.165) is 22.5 Å². The van der Waals surface area contributed by atoms with Gasteiger partial charge in [0.15, 0.2) is 0 Å². The zero-order valence-corrected chi connectivity index (χ0v) is 32.8. The molecule has 5 aromatic rings. The molecule has 0 amide bonds. The fourth-order valence-electron chi connectivity index (χ4n) is 11.1. The molecule has 0 aromatic heterocycles. The van der Waals surface area contributed by atoms with Gasteiger partial charge in [0.05, 0.1) is 40.6 Å². The van der Waals surface area contributed by atoms with E-state index in [-0.39, 0.29) is 39.8 Å². The number of rotatable bonds is 3. The number of allylic oxidation sites excluding steroid dienone is 4. The maximum Gasteiger partial charge on any atom is 0.0998 e. The van der Waals surface area contributed by atoms with Crippen LogP contribution in [0.25, 0.3) is 11.1 Å². The van der Waals surface area contributed by atoms with E-state index < -0.39 is 0 Å². The molecule has 0 fully saturated rings. The Hall–Kier alpha value is -5.92. The van der Waals surface area contributed by atoms with Crippen LogP contribution in [0.4, 0.5) is 17.1 Å². The summed E-state index contributed by atoms with van der Waals surface area (Å²) < 4.78 is -0.0843. The van der Waals surface area contributed by atoms with Crippen LogP contribution in [0.5, 0.6) is 0 Å². The molecule has 4 aliphatic heterocycles. The number of nitriles is 2. The van der Waals surface area contributed by atoms with E-state index >= 15 is 0 Å². The van der Waals surface area contributed by atoms with Gasteiger partial charge in [-0.25, -0.2) is 0 Å². The smallest absolute Gasteiger partial charge is 0.0998 e. The third kappa shape index (κ3) is 4.63. The lowest BCUT2D eigenvalue weighted by Crippen LogP contribution is -2.45. The summed E-state index contributed by atoms with van der Waals surface area (Å²) in [6.07, 6.45) is 18.7. The summed E-state index contributed by atoms with van der Waals surface area (Å²) in [6.45, 7) is 2.39. The van der Waals surface area contributed by atoms with Crippen molar-refractivity contribution in [3.8, 4) is 23.3 Å². The first-order chi connectivity index (χ1) is 28.0. The van der Waals surface area contributed by atoms with Crippen molar-refractivity contribution in [2.24, 2.45) is 5.92 Å². The molecule has 8 unspecified atom stereocenters. The van der Waals surface area contributed by atoms with Crippen LogP contribution in [0.3, 0.4) is 0 Å². The minimum Gasteiger partial charge on any atom is -0.336 e. The van der Waals surface area contributed by atoms with Crippen molar-refractivity contribution in [2.75, 3.05) is 9.80 Å². The first-order valence-electron chi connectivity index (χ1n) is 19.8. The molecule has 4 heterocycles. The highest BCUT2D eigenvalue weighted by molar-refractivity contribution is 8.01. The standard InChI is InChI=1S/C51H36N4S2/c1-51-25-24-38-35-11-3-6-14-43(35)54(48(38)47(51)40-13-5-9-17-46(40)57-51)32-20-18-30(28-52)41(26-32)42-27-33(21-19-31(42)29-53)55-44-15-7-2-10-34(44)37-22-23-39-36-12-4-8-16-45(36)56-50(39)49(37)55/h2-27,34,38-39,44,47-48,50H,1H3. The Labute approximate surface area is 341 Å². The van der Waals surface area contributed by atoms with Crippen LogP contribution in [0, 0.1) is 28.6 Å². The van der Waals surface area contributed by atoms with Crippen molar-refractivity contribution in [2.45, 2.75) is 56.5 Å². The molecule has 0 N–H and O–H groups in total. The van der Waals surface area contributed by atoms with Crippen molar-refractivity contribution in [1.82, 2.24) is 0 Å². The van der Waals surface area contributed by atoms with Gasteiger partial charge in [0.25, 0.3) is 0 Å². The first kappa shape index (κ1) is 33.2. The highest BCUT2D eigenvalue weighted by Crippen LogP contribution is 2.64. The minimum atomic E-state index is -0.0843. The SMILES string of the molecule is CC12C=CC3c4ccccc4N(c4ccc(C#N)c(-c5cc(N6C7=C(C=CC8c9ccccc9SC78)C7C=CC=CC76)ccc5C#N)c4)C3C1c1ccccc1S2. The molecule has 57 heavy (non-hydrogen) atoms. The molecular formula is C51H36N4S2. The second-order valence-corrected chi connectivity index (χ2v) is 19.0. The Bertz CT molecular complexity index is 2830. The van der Waals surface area contributed by atoms with Crippen molar-refractivity contribution >= 4 is 40.6 Å². The van der Waals surface area contributed by atoms with Gasteiger partial charge in [-0.2, -0.15) is 10.5 Å². The summed E-state index contributed by atoms with van der Waals surface area (Å²) in [5.41, 5.74) is 12.8. The monoisotopic (exact) mass is 768 g/mol. The van der Waals surface area contributed by atoms with Crippen LogP contribution in [0.2, 0.25) is 0 Å². The molecule has 0 saturated heterocycles. The Kier molecular flexibility index (Phi) is 7.17. The number of hydrogen-bond donors (Lipinski definition) is 0. The largest absolute Gasteiger partial charge is 0.336 e. The zero-order chi connectivity index (χ0) is 38.0. The number of hydrogen-bond acceptors (Lipinski definition) is 6. The van der Waals surface area contributed by atoms with Gasteiger partial charge in [-0.15, -0.1) is 23.5 Å². The van der Waals surface area contributed by atoms with E-state index in [0.29, 0.717) is 17.0 Å². The summed E-state index contributed by atoms with van der Waals surface area (Å²) >= 11 is 3.94. The molecule has 0 saturated carbocycles. The molecule has 6 heteroatoms. The van der Waals surface area contributed by atoms with Crippen LogP contribution < -0.4 is 9.80 Å². The Morgan fingerprint density at radius 3 is 2.07 bits per heavy atom. The summed E-state index contributed by atoms with van der Waals surface area (Å²) in [5, 5.41) is 21.6. The number of anilines is 3. The quantitative estimate of drug-likeness (QED) is 0.170. The zero-order valence-electron chi connectivity index (χ0n) is 31.2. The predicted molar refractivity (Wildman–Crippen MR) is 232 cm³/mol. The van der Waals surface area contributed by atoms with Crippen LogP contribution in [-0.4, -0.2) is 22.1 Å². The van der Waals surface area contributed by atoms with Gasteiger partial charge in [-0.1, -0.05) is 103 Å². The molecule has 0 bridgehead atoms. The second kappa shape index (κ2) is 12.3. The number of thioether (sulfide) groups is 2. The lowest BCUT2D eigenvalue weighted by molar-refractivity contribution is 0.443. The molecule has 7 aliphatic rings. The van der Waals surface area contributed by atoms with Gasteiger partial charge in [-0.05, 0) is 83.8 Å². The van der Waals surface area contributed by atoms with E-state index in [1.807, 2.05) is 35.7 Å². The van der Waals surface area contributed by atoms with Crippen molar-refractivity contribution in [3.05, 3.63) is 197 Å². The van der Waals surface area contributed by atoms with Crippen LogP contribution in [-0.2, 0) is 0 Å². The number of para-hydroxylation sites is 1. The maximum atomic E-state index is 10.7. The van der Waals surface area contributed by atoms with E-state index in [4.69, 9.17) is 0 Å². The van der Waals surface area contributed by atoms with E-state index in [9.17, 15) is 10.5 Å². The highest BCUT2D eigenvalue weighted by atomic mass is 32.2. The Morgan fingerprint density at radius 1 is 0.632 bits per heavy atom. The van der Waals surface area contributed by atoms with Gasteiger partial charge in [0.2, 0.25) is 0 Å². The molecule has 0 radical (unpaired) electrons. The Morgan fingerprint density at radius 2 is 1.30 bits per heavy atom. The molecule has 0 spiro atoms. The molecule has 4 nitrogen and oxygen atoms in total. The van der Waals surface area contributed by atoms with E-state index in [1.165, 1.54) is 43.4 Å². The molecule has 3 aliphatic carbocycles. The molecule has 8 atom stereocenters. The Balaban J connectivity index is 1.01. The molecule has 5 aromatic carbocycles. The lowest BCUT2D eigenvalue weighted by atomic mass is 9.71. The van der Waals surface area contributed by atoms with Crippen LogP contribution >= 0.6 is 23.5 Å². The van der Waals surface area contributed by atoms with Crippen molar-refractivity contribution in [1.29, 1.82) is 10.5 Å². The number of fused-ring (bicyclic) bond motifs is 13. The van der Waals surface area contributed by atoms with Gasteiger partial charge in [-0.3, -0.25) is 0 Å². The fraction of sp³-hybridized carbons (Fsp3) is 0.176. The summed E-state index contributed by atoms with van der Waals surface area (Å²) in [6, 6.07) is 44.4. The van der Waals surface area contributed by atoms with Gasteiger partial charge < -0.3 is 9.80 Å². The summed E-state index contributed by atoms with van der Waals surface area (Å²) in [7, 11) is 0. The first-order valence-corrected chi connectivity index (χ1v) is 21.5. The summed E-state index contributed by atoms with van der Waals surface area (Å²) in [5.74, 6) is 1.02. The lowest BCUT2D eigenvalue weighted by Gasteiger charge is -2.43. The number of benzene rings is 5. The molecule has 12 rings (SSSR count). The van der Waals surface area contributed by atoms with E-state index in [2.05, 4.69) is 175 Å². The third-order valence-electron chi connectivity index (χ3n) is 13.4. The van der Waals surface area contributed by atoms with Crippen molar-refractivity contribution < 1.29 is 0 Å². The van der Waals surface area contributed by atoms with Gasteiger partial charge in [0, 0.05) is 72.1 Å². The average Bonchev–Trinajstić information content (AvgIpc) is 3.99. The summed E-state index contributed by atoms with van der Waals surface area (Å²) in [4.78, 5) is 7.78. The molecule has 272 valence electrons. The average molecular weight is 769 g/mol.